The molecule has 0 aliphatic rings. The summed E-state index contributed by atoms with van der Waals surface area (Å²) >= 11 is 0. The first kappa shape index (κ1) is 17.0. The molecule has 0 bridgehead atoms. The predicted octanol–water partition coefficient (Wildman–Crippen LogP) is 2.17. The van der Waals surface area contributed by atoms with Crippen LogP contribution in [0.15, 0.2) is 30.5 Å². The number of rotatable bonds is 3. The van der Waals surface area contributed by atoms with Crippen LogP contribution in [0.25, 0.3) is 5.69 Å². The number of aromatic nitrogens is 3. The van der Waals surface area contributed by atoms with Gasteiger partial charge in [-0.15, -0.1) is 5.10 Å². The highest BCUT2D eigenvalue weighted by Gasteiger charge is 2.16. The fourth-order valence-corrected chi connectivity index (χ4v) is 1.78. The Morgan fingerprint density at radius 2 is 2.04 bits per heavy atom. The average molecular weight is 323 g/mol. The van der Waals surface area contributed by atoms with Crippen LogP contribution in [0.4, 0.5) is 4.79 Å². The number of benzene rings is 1. The van der Waals surface area contributed by atoms with E-state index >= 15 is 0 Å². The van der Waals surface area contributed by atoms with E-state index in [9.17, 15) is 4.79 Å². The lowest BCUT2D eigenvalue weighted by Crippen LogP contribution is -2.32. The summed E-state index contributed by atoms with van der Waals surface area (Å²) in [5, 5.41) is 19.1. The van der Waals surface area contributed by atoms with Gasteiger partial charge in [-0.05, 0) is 45.0 Å². The van der Waals surface area contributed by atoms with Crippen molar-refractivity contribution >= 4 is 6.09 Å². The van der Waals surface area contributed by atoms with Gasteiger partial charge in [0.05, 0.1) is 18.4 Å². The minimum Gasteiger partial charge on any atom is -0.444 e. The largest absolute Gasteiger partial charge is 0.444 e. The summed E-state index contributed by atoms with van der Waals surface area (Å²) in [6.07, 6.45) is 1.21. The molecule has 7 heteroatoms. The monoisotopic (exact) mass is 323 g/mol. The molecule has 1 N–H and O–H groups in total. The third kappa shape index (κ3) is 5.15. The van der Waals surface area contributed by atoms with Crippen LogP contribution in [0.3, 0.4) is 0 Å². The van der Waals surface area contributed by atoms with Gasteiger partial charge < -0.3 is 10.1 Å². The van der Waals surface area contributed by atoms with E-state index < -0.39 is 11.7 Å². The molecule has 7 nitrogen and oxygen atoms in total. The van der Waals surface area contributed by atoms with Gasteiger partial charge in [-0.1, -0.05) is 11.1 Å². The molecular weight excluding hydrogens is 306 g/mol. The highest BCUT2D eigenvalue weighted by molar-refractivity contribution is 5.67. The number of hydrogen-bond donors (Lipinski definition) is 1. The molecule has 2 rings (SSSR count). The Morgan fingerprint density at radius 1 is 1.33 bits per heavy atom. The quantitative estimate of drug-likeness (QED) is 0.874. The van der Waals surface area contributed by atoms with Crippen LogP contribution < -0.4 is 5.32 Å². The van der Waals surface area contributed by atoms with Crippen LogP contribution in [0, 0.1) is 23.2 Å². The highest BCUT2D eigenvalue weighted by Crippen LogP contribution is 2.09. The number of nitrogens with one attached hydrogen (secondary N) is 1. The second-order valence-electron chi connectivity index (χ2n) is 5.92. The summed E-state index contributed by atoms with van der Waals surface area (Å²) in [6.45, 7) is 5.62. The van der Waals surface area contributed by atoms with Gasteiger partial charge in [-0.3, -0.25) is 0 Å². The van der Waals surface area contributed by atoms with Gasteiger partial charge in [0.1, 0.15) is 11.3 Å². The van der Waals surface area contributed by atoms with E-state index in [2.05, 4.69) is 27.5 Å². The Morgan fingerprint density at radius 3 is 2.67 bits per heavy atom. The second kappa shape index (κ2) is 7.30. The van der Waals surface area contributed by atoms with E-state index in [1.54, 1.807) is 49.9 Å². The number of nitrogens with zero attached hydrogens (tertiary/aromatic N) is 4. The molecule has 0 unspecified atom stereocenters. The van der Waals surface area contributed by atoms with Gasteiger partial charge in [-0.2, -0.15) is 5.26 Å². The number of hydrogen-bond acceptors (Lipinski definition) is 5. The van der Waals surface area contributed by atoms with Gasteiger partial charge in [0.2, 0.25) is 0 Å². The van der Waals surface area contributed by atoms with E-state index in [1.165, 1.54) is 0 Å². The van der Waals surface area contributed by atoms with Crippen molar-refractivity contribution in [2.24, 2.45) is 0 Å². The lowest BCUT2D eigenvalue weighted by Gasteiger charge is -2.19. The van der Waals surface area contributed by atoms with E-state index in [0.717, 1.165) is 11.3 Å². The number of carbonyl (C=O) groups excluding carboxylic acids is 1. The van der Waals surface area contributed by atoms with Crippen molar-refractivity contribution in [2.75, 3.05) is 0 Å². The molecule has 1 heterocycles. The Kier molecular flexibility index (Phi) is 5.18. The minimum absolute atomic E-state index is 0.223. The van der Waals surface area contributed by atoms with Gasteiger partial charge in [0, 0.05) is 11.5 Å². The number of ether oxygens (including phenoxy) is 1. The van der Waals surface area contributed by atoms with Crippen molar-refractivity contribution in [1.82, 2.24) is 20.3 Å². The normalized spacial score (nSPS) is 10.2. The van der Waals surface area contributed by atoms with Crippen molar-refractivity contribution in [3.8, 4) is 23.6 Å². The molecule has 0 aliphatic heterocycles. The maximum absolute atomic E-state index is 11.6. The zero-order valence-electron chi connectivity index (χ0n) is 13.7. The summed E-state index contributed by atoms with van der Waals surface area (Å²) in [5.74, 6) is 5.05. The zero-order chi connectivity index (χ0) is 17.6. The highest BCUT2D eigenvalue weighted by atomic mass is 16.6. The lowest BCUT2D eigenvalue weighted by atomic mass is 10.2. The molecular formula is C17H17N5O2. The Hall–Kier alpha value is -3.32. The van der Waals surface area contributed by atoms with E-state index in [4.69, 9.17) is 10.00 Å². The molecule has 0 fully saturated rings. The standard InChI is InChI=1S/C17H17N5O2/c1-17(2,3)24-16(23)19-11-14-12-22(21-20-14)15-8-6-13(7-9-15)5-4-10-18/h6-9,12H,11H2,1-3H3,(H,19,23). The average Bonchev–Trinajstić information content (AvgIpc) is 2.99. The van der Waals surface area contributed by atoms with Crippen LogP contribution >= 0.6 is 0 Å². The maximum atomic E-state index is 11.6. The molecule has 1 aromatic heterocycles. The molecule has 0 spiro atoms. The van der Waals surface area contributed by atoms with Crippen LogP contribution in [-0.2, 0) is 11.3 Å². The Labute approximate surface area is 140 Å². The minimum atomic E-state index is -0.544. The number of nitriles is 1. The third-order valence-corrected chi connectivity index (χ3v) is 2.75. The fraction of sp³-hybridized carbons (Fsp3) is 0.294. The maximum Gasteiger partial charge on any atom is 0.407 e. The molecule has 0 saturated heterocycles. The van der Waals surface area contributed by atoms with Crippen LogP contribution in [0.1, 0.15) is 32.0 Å². The van der Waals surface area contributed by atoms with Crippen molar-refractivity contribution in [2.45, 2.75) is 32.9 Å². The van der Waals surface area contributed by atoms with E-state index in [1.807, 2.05) is 12.1 Å². The first-order valence-electron chi connectivity index (χ1n) is 7.26. The summed E-state index contributed by atoms with van der Waals surface area (Å²) in [4.78, 5) is 11.6. The first-order chi connectivity index (χ1) is 11.4. The Bertz CT molecular complexity index is 814. The number of amides is 1. The van der Waals surface area contributed by atoms with Gasteiger partial charge in [0.25, 0.3) is 0 Å². The summed E-state index contributed by atoms with van der Waals surface area (Å²) in [6, 6.07) is 8.99. The topological polar surface area (TPSA) is 92.8 Å². The first-order valence-corrected chi connectivity index (χ1v) is 7.26. The number of carbonyl (C=O) groups is 1. The summed E-state index contributed by atoms with van der Waals surface area (Å²) in [7, 11) is 0. The van der Waals surface area contributed by atoms with E-state index in [0.29, 0.717) is 5.69 Å². The second-order valence-corrected chi connectivity index (χ2v) is 5.92. The van der Waals surface area contributed by atoms with Gasteiger partial charge >= 0.3 is 6.09 Å². The molecule has 0 radical (unpaired) electrons. The smallest absolute Gasteiger partial charge is 0.407 e. The van der Waals surface area contributed by atoms with Crippen molar-refractivity contribution in [1.29, 1.82) is 5.26 Å². The van der Waals surface area contributed by atoms with Crippen molar-refractivity contribution < 1.29 is 9.53 Å². The molecule has 0 aliphatic carbocycles. The number of alkyl carbamates (subject to hydrolysis) is 1. The van der Waals surface area contributed by atoms with Crippen molar-refractivity contribution in [3.63, 3.8) is 0 Å². The Balaban J connectivity index is 1.98. The molecule has 0 saturated carbocycles. The van der Waals surface area contributed by atoms with Gasteiger partial charge in [-0.25, -0.2) is 9.48 Å². The van der Waals surface area contributed by atoms with Crippen LogP contribution in [-0.4, -0.2) is 26.7 Å². The molecule has 122 valence electrons. The molecule has 24 heavy (non-hydrogen) atoms. The van der Waals surface area contributed by atoms with Crippen LogP contribution in [0.2, 0.25) is 0 Å². The SMILES string of the molecule is CC(C)(C)OC(=O)NCc1cn(-c2ccc(C#CC#N)cc2)nn1. The zero-order valence-corrected chi connectivity index (χ0v) is 13.7. The lowest BCUT2D eigenvalue weighted by molar-refractivity contribution is 0.0523. The fourth-order valence-electron chi connectivity index (χ4n) is 1.78. The summed E-state index contributed by atoms with van der Waals surface area (Å²) < 4.78 is 6.75. The molecule has 0 atom stereocenters. The van der Waals surface area contributed by atoms with E-state index in [-0.39, 0.29) is 6.54 Å². The molecule has 1 amide bonds. The molecule has 2 aromatic rings. The predicted molar refractivity (Wildman–Crippen MR) is 86.9 cm³/mol. The van der Waals surface area contributed by atoms with Crippen LogP contribution in [0.5, 0.6) is 0 Å². The third-order valence-electron chi connectivity index (χ3n) is 2.75. The van der Waals surface area contributed by atoms with Gasteiger partial charge in [0.15, 0.2) is 6.07 Å². The molecule has 1 aromatic carbocycles. The summed E-state index contributed by atoms with van der Waals surface area (Å²) in [5.41, 5.74) is 1.60. The van der Waals surface area contributed by atoms with Crippen molar-refractivity contribution in [3.05, 3.63) is 41.7 Å².